The number of amides is 2. The minimum absolute atomic E-state index is 0.117. The van der Waals surface area contributed by atoms with Crippen molar-refractivity contribution in [3.05, 3.63) is 89.5 Å². The lowest BCUT2D eigenvalue weighted by molar-refractivity contribution is -0.138. The smallest absolute Gasteiger partial charge is 0.411 e. The summed E-state index contributed by atoms with van der Waals surface area (Å²) >= 11 is 0. The molecule has 1 aliphatic heterocycles. The zero-order valence-electron chi connectivity index (χ0n) is 18.6. The van der Waals surface area contributed by atoms with Crippen molar-refractivity contribution in [1.29, 1.82) is 0 Å². The Labute approximate surface area is 192 Å². The average molecular weight is 447 g/mol. The minimum Gasteiger partial charge on any atom is -0.496 e. The molecule has 0 aromatic heterocycles. The van der Waals surface area contributed by atoms with Crippen molar-refractivity contribution in [2.75, 3.05) is 12.4 Å². The Bertz CT molecular complexity index is 1130. The second kappa shape index (κ2) is 10.1. The summed E-state index contributed by atoms with van der Waals surface area (Å²) in [6.07, 6.45) is -1.18. The van der Waals surface area contributed by atoms with Crippen LogP contribution in [0.15, 0.2) is 72.8 Å². The van der Waals surface area contributed by atoms with Gasteiger partial charge in [-0.15, -0.1) is 0 Å². The first-order valence-electron chi connectivity index (χ1n) is 10.7. The molecule has 33 heavy (non-hydrogen) atoms. The van der Waals surface area contributed by atoms with Crippen molar-refractivity contribution in [3.8, 4) is 11.5 Å². The molecule has 0 aliphatic carbocycles. The van der Waals surface area contributed by atoms with E-state index >= 15 is 0 Å². The van der Waals surface area contributed by atoms with Crippen molar-refractivity contribution in [2.45, 2.75) is 32.7 Å². The number of methoxy groups -OCH3 is 1. The summed E-state index contributed by atoms with van der Waals surface area (Å²) in [5, 5.41) is 2.75. The van der Waals surface area contributed by atoms with Gasteiger partial charge in [0.05, 0.1) is 7.11 Å². The SMILES string of the molecule is COc1ccccc1CN1Cc2cc(NC(=O)OCc3ccccc3)ccc2O[C@@H](C)C1=O. The lowest BCUT2D eigenvalue weighted by atomic mass is 10.1. The van der Waals surface area contributed by atoms with Crippen LogP contribution in [0.3, 0.4) is 0 Å². The van der Waals surface area contributed by atoms with E-state index in [4.69, 9.17) is 14.2 Å². The summed E-state index contributed by atoms with van der Waals surface area (Å²) in [7, 11) is 1.61. The zero-order valence-corrected chi connectivity index (χ0v) is 18.6. The lowest BCUT2D eigenvalue weighted by Gasteiger charge is -2.23. The predicted molar refractivity (Wildman–Crippen MR) is 124 cm³/mol. The molecule has 1 aliphatic rings. The van der Waals surface area contributed by atoms with E-state index in [1.807, 2.05) is 54.6 Å². The van der Waals surface area contributed by atoms with Gasteiger partial charge in [-0.25, -0.2) is 4.79 Å². The summed E-state index contributed by atoms with van der Waals surface area (Å²) < 4.78 is 16.6. The Morgan fingerprint density at radius 1 is 1.09 bits per heavy atom. The molecule has 0 fully saturated rings. The number of para-hydroxylation sites is 1. The zero-order chi connectivity index (χ0) is 23.2. The maximum Gasteiger partial charge on any atom is 0.411 e. The Balaban J connectivity index is 1.48. The molecular weight excluding hydrogens is 420 g/mol. The fraction of sp³-hybridized carbons (Fsp3) is 0.231. The van der Waals surface area contributed by atoms with Gasteiger partial charge in [-0.3, -0.25) is 10.1 Å². The van der Waals surface area contributed by atoms with Gasteiger partial charge in [-0.1, -0.05) is 48.5 Å². The van der Waals surface area contributed by atoms with Crippen LogP contribution < -0.4 is 14.8 Å². The second-order valence-electron chi connectivity index (χ2n) is 7.78. The molecule has 0 spiro atoms. The van der Waals surface area contributed by atoms with Crippen molar-refractivity contribution < 1.29 is 23.8 Å². The molecule has 3 aromatic rings. The highest BCUT2D eigenvalue weighted by Crippen LogP contribution is 2.30. The summed E-state index contributed by atoms with van der Waals surface area (Å²) in [5.41, 5.74) is 3.17. The number of hydrogen-bond donors (Lipinski definition) is 1. The van der Waals surface area contributed by atoms with E-state index in [0.717, 1.165) is 22.4 Å². The monoisotopic (exact) mass is 446 g/mol. The van der Waals surface area contributed by atoms with Crippen LogP contribution in [0.5, 0.6) is 11.5 Å². The highest BCUT2D eigenvalue weighted by Gasteiger charge is 2.28. The normalized spacial score (nSPS) is 15.2. The van der Waals surface area contributed by atoms with E-state index in [1.165, 1.54) is 0 Å². The van der Waals surface area contributed by atoms with Gasteiger partial charge in [-0.05, 0) is 36.8 Å². The molecule has 1 heterocycles. The van der Waals surface area contributed by atoms with Crippen molar-refractivity contribution in [3.63, 3.8) is 0 Å². The van der Waals surface area contributed by atoms with E-state index in [0.29, 0.717) is 24.5 Å². The number of ether oxygens (including phenoxy) is 3. The van der Waals surface area contributed by atoms with Gasteiger partial charge in [0.15, 0.2) is 6.10 Å². The van der Waals surface area contributed by atoms with E-state index in [-0.39, 0.29) is 12.5 Å². The van der Waals surface area contributed by atoms with Crippen LogP contribution in [-0.4, -0.2) is 30.1 Å². The Morgan fingerprint density at radius 2 is 1.85 bits per heavy atom. The van der Waals surface area contributed by atoms with Gasteiger partial charge < -0.3 is 19.1 Å². The van der Waals surface area contributed by atoms with E-state index in [2.05, 4.69) is 5.32 Å². The van der Waals surface area contributed by atoms with Gasteiger partial charge >= 0.3 is 6.09 Å². The second-order valence-corrected chi connectivity index (χ2v) is 7.78. The minimum atomic E-state index is -0.629. The van der Waals surface area contributed by atoms with Gasteiger partial charge in [0, 0.05) is 29.9 Å². The van der Waals surface area contributed by atoms with Crippen molar-refractivity contribution in [1.82, 2.24) is 4.90 Å². The maximum atomic E-state index is 13.0. The molecule has 7 heteroatoms. The maximum absolute atomic E-state index is 13.0. The van der Waals surface area contributed by atoms with Crippen LogP contribution in [0.25, 0.3) is 0 Å². The number of carbonyl (C=O) groups excluding carboxylic acids is 2. The van der Waals surface area contributed by atoms with Crippen LogP contribution in [0, 0.1) is 0 Å². The fourth-order valence-corrected chi connectivity index (χ4v) is 3.73. The summed E-state index contributed by atoms with van der Waals surface area (Å²) in [5.74, 6) is 1.22. The van der Waals surface area contributed by atoms with Gasteiger partial charge in [-0.2, -0.15) is 0 Å². The molecule has 7 nitrogen and oxygen atoms in total. The molecule has 2 amide bonds. The molecule has 0 radical (unpaired) electrons. The van der Waals surface area contributed by atoms with Crippen LogP contribution in [0.4, 0.5) is 10.5 Å². The number of carbonyl (C=O) groups is 2. The van der Waals surface area contributed by atoms with Crippen LogP contribution >= 0.6 is 0 Å². The summed E-state index contributed by atoms with van der Waals surface area (Å²) in [6, 6.07) is 22.4. The number of fused-ring (bicyclic) bond motifs is 1. The number of rotatable bonds is 6. The average Bonchev–Trinajstić information content (AvgIpc) is 2.95. The molecule has 1 N–H and O–H groups in total. The first-order valence-corrected chi connectivity index (χ1v) is 10.7. The summed E-state index contributed by atoms with van der Waals surface area (Å²) in [4.78, 5) is 27.0. The molecule has 1 atom stereocenters. The third kappa shape index (κ3) is 5.44. The topological polar surface area (TPSA) is 77.1 Å². The first-order chi connectivity index (χ1) is 16.0. The first kappa shape index (κ1) is 22.2. The standard InChI is InChI=1S/C26H26N2O5/c1-18-25(29)28(15-20-10-6-7-11-23(20)31-2)16-21-14-22(12-13-24(21)33-18)27-26(30)32-17-19-8-4-3-5-9-19/h3-14,18H,15-17H2,1-2H3,(H,27,30)/t18-/m0/s1. The molecule has 0 saturated heterocycles. The summed E-state index contributed by atoms with van der Waals surface area (Å²) in [6.45, 7) is 2.64. The molecule has 3 aromatic carbocycles. The number of anilines is 1. The van der Waals surface area contributed by atoms with E-state index < -0.39 is 12.2 Å². The fourth-order valence-electron chi connectivity index (χ4n) is 3.73. The molecule has 0 bridgehead atoms. The molecule has 170 valence electrons. The molecule has 0 unspecified atom stereocenters. The molecule has 4 rings (SSSR count). The molecular formula is C26H26N2O5. The highest BCUT2D eigenvalue weighted by atomic mass is 16.5. The van der Waals surface area contributed by atoms with Crippen LogP contribution in [0.1, 0.15) is 23.6 Å². The Morgan fingerprint density at radius 3 is 2.64 bits per heavy atom. The van der Waals surface area contributed by atoms with Gasteiger partial charge in [0.25, 0.3) is 5.91 Å². The Kier molecular flexibility index (Phi) is 6.78. The number of nitrogens with zero attached hydrogens (tertiary/aromatic N) is 1. The van der Waals surface area contributed by atoms with Crippen molar-refractivity contribution >= 4 is 17.7 Å². The van der Waals surface area contributed by atoms with E-state index in [9.17, 15) is 9.59 Å². The largest absolute Gasteiger partial charge is 0.496 e. The van der Waals surface area contributed by atoms with Gasteiger partial charge in [0.1, 0.15) is 18.1 Å². The Hall–Kier alpha value is -4.00. The van der Waals surface area contributed by atoms with Crippen LogP contribution in [0.2, 0.25) is 0 Å². The number of hydrogen-bond acceptors (Lipinski definition) is 5. The van der Waals surface area contributed by atoms with Crippen molar-refractivity contribution in [2.24, 2.45) is 0 Å². The third-order valence-corrected chi connectivity index (χ3v) is 5.40. The predicted octanol–water partition coefficient (Wildman–Crippen LogP) is 4.75. The van der Waals surface area contributed by atoms with E-state index in [1.54, 1.807) is 37.1 Å². The highest BCUT2D eigenvalue weighted by molar-refractivity contribution is 5.85. The number of nitrogens with one attached hydrogen (secondary N) is 1. The van der Waals surface area contributed by atoms with Gasteiger partial charge in [0.2, 0.25) is 0 Å². The lowest BCUT2D eigenvalue weighted by Crippen LogP contribution is -2.37. The van der Waals surface area contributed by atoms with Crippen LogP contribution in [-0.2, 0) is 29.2 Å². The quantitative estimate of drug-likeness (QED) is 0.591. The molecule has 0 saturated carbocycles. The number of benzene rings is 3. The third-order valence-electron chi connectivity index (χ3n) is 5.40.